The second kappa shape index (κ2) is 6.81. The fraction of sp³-hybridized carbons (Fsp3) is 0.529. The van der Waals surface area contributed by atoms with Crippen molar-refractivity contribution in [1.82, 2.24) is 4.90 Å². The summed E-state index contributed by atoms with van der Waals surface area (Å²) in [6.45, 7) is 6.18. The highest BCUT2D eigenvalue weighted by atomic mass is 16.6. The normalized spacial score (nSPS) is 18.1. The van der Waals surface area contributed by atoms with Crippen molar-refractivity contribution >= 4 is 12.1 Å². The monoisotopic (exact) mass is 305 g/mol. The molecule has 5 heteroatoms. The second-order valence-electron chi connectivity index (χ2n) is 6.43. The fourth-order valence-corrected chi connectivity index (χ4v) is 2.38. The number of ether oxygens (including phenoxy) is 2. The molecular formula is C17H23NO4. The van der Waals surface area contributed by atoms with Crippen molar-refractivity contribution in [2.45, 2.75) is 51.9 Å². The average Bonchev–Trinajstić information content (AvgIpc) is 2.93. The molecule has 0 spiro atoms. The minimum atomic E-state index is -0.571. The lowest BCUT2D eigenvalue weighted by Gasteiger charge is -2.27. The molecule has 120 valence electrons. The van der Waals surface area contributed by atoms with Crippen molar-refractivity contribution in [2.24, 2.45) is 0 Å². The summed E-state index contributed by atoms with van der Waals surface area (Å²) in [6.07, 6.45) is 0.948. The SMILES string of the molecule is CC(C)(C)OC(=O)N1CCC[C@@H]1C(=O)OCc1ccccc1. The van der Waals surface area contributed by atoms with E-state index in [0.29, 0.717) is 13.0 Å². The first-order chi connectivity index (χ1) is 10.4. The first kappa shape index (κ1) is 16.3. The van der Waals surface area contributed by atoms with Crippen LogP contribution in [-0.4, -0.2) is 35.2 Å². The summed E-state index contributed by atoms with van der Waals surface area (Å²) in [5.41, 5.74) is 0.357. The zero-order valence-corrected chi connectivity index (χ0v) is 13.4. The van der Waals surface area contributed by atoms with E-state index in [2.05, 4.69) is 0 Å². The summed E-state index contributed by atoms with van der Waals surface area (Å²) in [7, 11) is 0. The fourth-order valence-electron chi connectivity index (χ4n) is 2.38. The van der Waals surface area contributed by atoms with E-state index in [0.717, 1.165) is 12.0 Å². The molecule has 0 radical (unpaired) electrons. The summed E-state index contributed by atoms with van der Waals surface area (Å²) in [4.78, 5) is 25.8. The predicted octanol–water partition coefficient (Wildman–Crippen LogP) is 3.13. The van der Waals surface area contributed by atoms with Crippen LogP contribution in [0.3, 0.4) is 0 Å². The highest BCUT2D eigenvalue weighted by Gasteiger charge is 2.37. The van der Waals surface area contributed by atoms with Gasteiger partial charge >= 0.3 is 12.1 Å². The van der Waals surface area contributed by atoms with Crippen molar-refractivity contribution in [2.75, 3.05) is 6.54 Å². The molecule has 5 nitrogen and oxygen atoms in total. The maximum atomic E-state index is 12.2. The van der Waals surface area contributed by atoms with Gasteiger partial charge in [-0.1, -0.05) is 30.3 Å². The topological polar surface area (TPSA) is 55.8 Å². The minimum Gasteiger partial charge on any atom is -0.459 e. The number of amides is 1. The largest absolute Gasteiger partial charge is 0.459 e. The molecule has 0 unspecified atom stereocenters. The summed E-state index contributed by atoms with van der Waals surface area (Å²) in [6, 6.07) is 8.95. The van der Waals surface area contributed by atoms with Crippen LogP contribution in [0, 0.1) is 0 Å². The van der Waals surface area contributed by atoms with Gasteiger partial charge in [0.1, 0.15) is 18.2 Å². The average molecular weight is 305 g/mol. The predicted molar refractivity (Wildman–Crippen MR) is 82.2 cm³/mol. The molecule has 0 saturated carbocycles. The van der Waals surface area contributed by atoms with Gasteiger partial charge in [-0.15, -0.1) is 0 Å². The number of nitrogens with zero attached hydrogens (tertiary/aromatic N) is 1. The molecule has 1 amide bonds. The maximum absolute atomic E-state index is 12.2. The van der Waals surface area contributed by atoms with Gasteiger partial charge in [-0.2, -0.15) is 0 Å². The van der Waals surface area contributed by atoms with Crippen LogP contribution in [0.2, 0.25) is 0 Å². The zero-order valence-electron chi connectivity index (χ0n) is 13.4. The molecule has 0 aliphatic carbocycles. The van der Waals surface area contributed by atoms with E-state index >= 15 is 0 Å². The zero-order chi connectivity index (χ0) is 16.2. The summed E-state index contributed by atoms with van der Waals surface area (Å²) < 4.78 is 10.7. The van der Waals surface area contributed by atoms with Crippen LogP contribution in [0.5, 0.6) is 0 Å². The quantitative estimate of drug-likeness (QED) is 0.805. The third kappa shape index (κ3) is 4.48. The van der Waals surface area contributed by atoms with Gasteiger partial charge in [0.25, 0.3) is 0 Å². The van der Waals surface area contributed by atoms with Crippen LogP contribution >= 0.6 is 0 Å². The lowest BCUT2D eigenvalue weighted by molar-refractivity contribution is -0.150. The van der Waals surface area contributed by atoms with Crippen molar-refractivity contribution in [3.05, 3.63) is 35.9 Å². The van der Waals surface area contributed by atoms with Gasteiger partial charge in [0.05, 0.1) is 0 Å². The lowest BCUT2D eigenvalue weighted by atomic mass is 10.2. The van der Waals surface area contributed by atoms with E-state index in [-0.39, 0.29) is 12.6 Å². The Morgan fingerprint density at radius 2 is 1.91 bits per heavy atom. The molecule has 2 rings (SSSR count). The van der Waals surface area contributed by atoms with Crippen LogP contribution in [0.15, 0.2) is 30.3 Å². The number of benzene rings is 1. The van der Waals surface area contributed by atoms with E-state index < -0.39 is 17.7 Å². The number of likely N-dealkylation sites (tertiary alicyclic amines) is 1. The maximum Gasteiger partial charge on any atom is 0.411 e. The third-order valence-electron chi connectivity index (χ3n) is 3.38. The van der Waals surface area contributed by atoms with E-state index in [9.17, 15) is 9.59 Å². The Hall–Kier alpha value is -2.04. The molecular weight excluding hydrogens is 282 g/mol. The molecule has 1 saturated heterocycles. The molecule has 1 aromatic carbocycles. The summed E-state index contributed by atoms with van der Waals surface area (Å²) in [5, 5.41) is 0. The number of hydrogen-bond acceptors (Lipinski definition) is 4. The molecule has 0 N–H and O–H groups in total. The Morgan fingerprint density at radius 3 is 2.55 bits per heavy atom. The van der Waals surface area contributed by atoms with E-state index in [1.807, 2.05) is 51.1 Å². The first-order valence-corrected chi connectivity index (χ1v) is 7.57. The Balaban J connectivity index is 1.92. The Kier molecular flexibility index (Phi) is 5.06. The highest BCUT2D eigenvalue weighted by molar-refractivity contribution is 5.82. The Morgan fingerprint density at radius 1 is 1.23 bits per heavy atom. The van der Waals surface area contributed by atoms with Crippen LogP contribution in [0.1, 0.15) is 39.2 Å². The first-order valence-electron chi connectivity index (χ1n) is 7.57. The summed E-state index contributed by atoms with van der Waals surface area (Å²) >= 11 is 0. The molecule has 0 bridgehead atoms. The number of carbonyl (C=O) groups is 2. The van der Waals surface area contributed by atoms with E-state index in [1.165, 1.54) is 4.90 Å². The highest BCUT2D eigenvalue weighted by Crippen LogP contribution is 2.22. The van der Waals surface area contributed by atoms with Gasteiger partial charge in [0.15, 0.2) is 0 Å². The lowest BCUT2D eigenvalue weighted by Crippen LogP contribution is -2.44. The van der Waals surface area contributed by atoms with Crippen molar-refractivity contribution < 1.29 is 19.1 Å². The number of hydrogen-bond donors (Lipinski definition) is 0. The molecule has 1 aromatic rings. The molecule has 22 heavy (non-hydrogen) atoms. The Bertz CT molecular complexity index is 521. The molecule has 1 aliphatic rings. The van der Waals surface area contributed by atoms with Crippen molar-refractivity contribution in [1.29, 1.82) is 0 Å². The smallest absolute Gasteiger partial charge is 0.411 e. The number of esters is 1. The molecule has 1 fully saturated rings. The van der Waals surface area contributed by atoms with Crippen LogP contribution in [0.25, 0.3) is 0 Å². The molecule has 0 aromatic heterocycles. The molecule has 1 atom stereocenters. The van der Waals surface area contributed by atoms with Crippen molar-refractivity contribution in [3.63, 3.8) is 0 Å². The summed E-state index contributed by atoms with van der Waals surface area (Å²) in [5.74, 6) is -0.368. The Labute approximate surface area is 131 Å². The van der Waals surface area contributed by atoms with Gasteiger partial charge in [0, 0.05) is 6.54 Å². The van der Waals surface area contributed by atoms with Crippen LogP contribution in [-0.2, 0) is 20.9 Å². The second-order valence-corrected chi connectivity index (χ2v) is 6.43. The van der Waals surface area contributed by atoms with Crippen LogP contribution in [0.4, 0.5) is 4.79 Å². The van der Waals surface area contributed by atoms with Gasteiger partial charge in [-0.3, -0.25) is 4.90 Å². The third-order valence-corrected chi connectivity index (χ3v) is 3.38. The van der Waals surface area contributed by atoms with E-state index in [4.69, 9.17) is 9.47 Å². The van der Waals surface area contributed by atoms with E-state index in [1.54, 1.807) is 0 Å². The van der Waals surface area contributed by atoms with Gasteiger partial charge in [-0.25, -0.2) is 9.59 Å². The standard InChI is InChI=1S/C17H23NO4/c1-17(2,3)22-16(20)18-11-7-10-14(18)15(19)21-12-13-8-5-4-6-9-13/h4-6,8-9,14H,7,10-12H2,1-3H3/t14-/m1/s1. The van der Waals surface area contributed by atoms with Crippen LogP contribution < -0.4 is 0 Å². The minimum absolute atomic E-state index is 0.221. The van der Waals surface area contributed by atoms with Gasteiger partial charge in [-0.05, 0) is 39.2 Å². The molecule has 1 heterocycles. The van der Waals surface area contributed by atoms with Gasteiger partial charge in [0.2, 0.25) is 0 Å². The van der Waals surface area contributed by atoms with Gasteiger partial charge < -0.3 is 9.47 Å². The number of carbonyl (C=O) groups excluding carboxylic acids is 2. The van der Waals surface area contributed by atoms with Crippen molar-refractivity contribution in [3.8, 4) is 0 Å². The molecule has 1 aliphatic heterocycles. The number of rotatable bonds is 3.